The number of nitrogens with one attached hydrogen (secondary N) is 1. The zero-order chi connectivity index (χ0) is 12.3. The second-order valence-electron chi connectivity index (χ2n) is 4.28. The van der Waals surface area contributed by atoms with E-state index in [-0.39, 0.29) is 5.91 Å². The first-order valence-electron chi connectivity index (χ1n) is 6.09. The van der Waals surface area contributed by atoms with Gasteiger partial charge in [0.15, 0.2) is 0 Å². The van der Waals surface area contributed by atoms with Crippen LogP contribution in [0.2, 0.25) is 0 Å². The summed E-state index contributed by atoms with van der Waals surface area (Å²) in [5, 5.41) is 2.91. The largest absolute Gasteiger partial charge is 0.325 e. The predicted molar refractivity (Wildman–Crippen MR) is 70.3 cm³/mol. The maximum atomic E-state index is 11.2. The van der Waals surface area contributed by atoms with E-state index in [4.69, 9.17) is 0 Å². The first-order valence-corrected chi connectivity index (χ1v) is 6.09. The number of hydrogen-bond donors (Lipinski definition) is 1. The lowest BCUT2D eigenvalue weighted by Crippen LogP contribution is -2.07. The Bertz CT molecular complexity index is 528. The standard InChI is InChI=1S/C14H18N2O/c1-3-4-8-14-13(15-11(2)17)10-12-7-5-6-9-16(12)14/h5-7,9-10H,3-4,8H2,1-2H3,(H,15,17). The number of fused-ring (bicyclic) bond motifs is 1. The van der Waals surface area contributed by atoms with Crippen LogP contribution in [0.3, 0.4) is 0 Å². The molecule has 2 aromatic heterocycles. The quantitative estimate of drug-likeness (QED) is 0.859. The van der Waals surface area contributed by atoms with Crippen LogP contribution in [0.4, 0.5) is 5.69 Å². The van der Waals surface area contributed by atoms with Gasteiger partial charge < -0.3 is 9.72 Å². The summed E-state index contributed by atoms with van der Waals surface area (Å²) in [5.41, 5.74) is 3.26. The number of unbranched alkanes of at least 4 members (excludes halogenated alkanes) is 1. The molecule has 0 bridgehead atoms. The summed E-state index contributed by atoms with van der Waals surface area (Å²) < 4.78 is 2.15. The molecule has 0 atom stereocenters. The SMILES string of the molecule is CCCCc1c(NC(C)=O)cc2ccccn12. The number of pyridine rings is 1. The molecule has 2 aromatic rings. The zero-order valence-electron chi connectivity index (χ0n) is 10.4. The van der Waals surface area contributed by atoms with Crippen LogP contribution in [0, 0.1) is 0 Å². The highest BCUT2D eigenvalue weighted by molar-refractivity contribution is 5.90. The lowest BCUT2D eigenvalue weighted by atomic mass is 10.2. The van der Waals surface area contributed by atoms with Crippen LogP contribution in [0.1, 0.15) is 32.4 Å². The highest BCUT2D eigenvalue weighted by Gasteiger charge is 2.10. The summed E-state index contributed by atoms with van der Waals surface area (Å²) >= 11 is 0. The molecule has 0 aliphatic heterocycles. The van der Waals surface area contributed by atoms with Crippen LogP contribution < -0.4 is 5.32 Å². The molecule has 2 heterocycles. The molecule has 0 fully saturated rings. The van der Waals surface area contributed by atoms with E-state index in [1.54, 1.807) is 6.92 Å². The van der Waals surface area contributed by atoms with Gasteiger partial charge >= 0.3 is 0 Å². The number of nitrogens with zero attached hydrogens (tertiary/aromatic N) is 1. The van der Waals surface area contributed by atoms with Gasteiger partial charge in [0, 0.05) is 24.3 Å². The van der Waals surface area contributed by atoms with Crippen molar-refractivity contribution in [2.24, 2.45) is 0 Å². The molecular weight excluding hydrogens is 212 g/mol. The molecule has 0 spiro atoms. The van der Waals surface area contributed by atoms with Gasteiger partial charge in [0.05, 0.1) is 5.69 Å². The van der Waals surface area contributed by atoms with Gasteiger partial charge in [-0.2, -0.15) is 0 Å². The summed E-state index contributed by atoms with van der Waals surface area (Å²) in [5.74, 6) is -0.0151. The van der Waals surface area contributed by atoms with Crippen molar-refractivity contribution in [2.75, 3.05) is 5.32 Å². The van der Waals surface area contributed by atoms with Crippen LogP contribution in [-0.2, 0) is 11.2 Å². The highest BCUT2D eigenvalue weighted by atomic mass is 16.1. The molecule has 0 radical (unpaired) electrons. The van der Waals surface area contributed by atoms with Crippen LogP contribution in [-0.4, -0.2) is 10.3 Å². The highest BCUT2D eigenvalue weighted by Crippen LogP contribution is 2.23. The van der Waals surface area contributed by atoms with Crippen LogP contribution in [0.5, 0.6) is 0 Å². The van der Waals surface area contributed by atoms with Crippen molar-refractivity contribution in [1.82, 2.24) is 4.40 Å². The minimum absolute atomic E-state index is 0.0151. The summed E-state index contributed by atoms with van der Waals surface area (Å²) in [7, 11) is 0. The fourth-order valence-corrected chi connectivity index (χ4v) is 2.08. The first-order chi connectivity index (χ1) is 8.22. The third-order valence-corrected chi connectivity index (χ3v) is 2.86. The van der Waals surface area contributed by atoms with Crippen LogP contribution in [0.25, 0.3) is 5.52 Å². The smallest absolute Gasteiger partial charge is 0.221 e. The number of carbonyl (C=O) groups is 1. The summed E-state index contributed by atoms with van der Waals surface area (Å²) in [4.78, 5) is 11.2. The molecule has 1 N–H and O–H groups in total. The summed E-state index contributed by atoms with van der Waals surface area (Å²) in [6, 6.07) is 8.11. The maximum Gasteiger partial charge on any atom is 0.221 e. The molecule has 0 saturated heterocycles. The molecule has 0 aliphatic carbocycles. The number of anilines is 1. The summed E-state index contributed by atoms with van der Waals surface area (Å²) in [6.07, 6.45) is 5.32. The fourth-order valence-electron chi connectivity index (χ4n) is 2.08. The zero-order valence-corrected chi connectivity index (χ0v) is 10.4. The second kappa shape index (κ2) is 5.04. The van der Waals surface area contributed by atoms with E-state index in [0.29, 0.717) is 0 Å². The molecule has 90 valence electrons. The van der Waals surface area contributed by atoms with E-state index in [1.807, 2.05) is 24.4 Å². The minimum atomic E-state index is -0.0151. The number of amides is 1. The van der Waals surface area contributed by atoms with E-state index < -0.39 is 0 Å². The Hall–Kier alpha value is -1.77. The number of carbonyl (C=O) groups excluding carboxylic acids is 1. The number of aromatic nitrogens is 1. The predicted octanol–water partition coefficient (Wildman–Crippen LogP) is 3.24. The van der Waals surface area contributed by atoms with Crippen LogP contribution in [0.15, 0.2) is 30.5 Å². The second-order valence-corrected chi connectivity index (χ2v) is 4.28. The Labute approximate surface area is 101 Å². The van der Waals surface area contributed by atoms with E-state index in [9.17, 15) is 4.79 Å². The van der Waals surface area contributed by atoms with E-state index >= 15 is 0 Å². The number of aryl methyl sites for hydroxylation is 1. The molecule has 0 aromatic carbocycles. The molecule has 2 rings (SSSR count). The van der Waals surface area contributed by atoms with E-state index in [2.05, 4.69) is 22.7 Å². The van der Waals surface area contributed by atoms with Crippen molar-refractivity contribution < 1.29 is 4.79 Å². The Kier molecular flexibility index (Phi) is 3.47. The first kappa shape index (κ1) is 11.7. The molecule has 3 nitrogen and oxygen atoms in total. The van der Waals surface area contributed by atoms with Crippen molar-refractivity contribution in [3.63, 3.8) is 0 Å². The summed E-state index contributed by atoms with van der Waals surface area (Å²) in [6.45, 7) is 3.72. The monoisotopic (exact) mass is 230 g/mol. The topological polar surface area (TPSA) is 33.5 Å². The van der Waals surface area contributed by atoms with Gasteiger partial charge in [-0.3, -0.25) is 4.79 Å². The third-order valence-electron chi connectivity index (χ3n) is 2.86. The van der Waals surface area contributed by atoms with Crippen LogP contribution >= 0.6 is 0 Å². The van der Waals surface area contributed by atoms with Crippen molar-refractivity contribution in [1.29, 1.82) is 0 Å². The van der Waals surface area contributed by atoms with Gasteiger partial charge in [0.1, 0.15) is 0 Å². The Morgan fingerprint density at radius 3 is 2.94 bits per heavy atom. The van der Waals surface area contributed by atoms with Crippen molar-refractivity contribution in [3.05, 3.63) is 36.2 Å². The Morgan fingerprint density at radius 1 is 1.41 bits per heavy atom. The van der Waals surface area contributed by atoms with Crippen molar-refractivity contribution in [2.45, 2.75) is 33.1 Å². The van der Waals surface area contributed by atoms with Gasteiger partial charge in [0.2, 0.25) is 5.91 Å². The maximum absolute atomic E-state index is 11.2. The molecule has 3 heteroatoms. The molecule has 17 heavy (non-hydrogen) atoms. The molecule has 0 unspecified atom stereocenters. The van der Waals surface area contributed by atoms with E-state index in [1.165, 1.54) is 5.69 Å². The van der Waals surface area contributed by atoms with Crippen molar-refractivity contribution in [3.8, 4) is 0 Å². The van der Waals surface area contributed by atoms with E-state index in [0.717, 1.165) is 30.5 Å². The Balaban J connectivity index is 2.44. The normalized spacial score (nSPS) is 10.7. The van der Waals surface area contributed by atoms with Gasteiger partial charge in [-0.1, -0.05) is 19.4 Å². The lowest BCUT2D eigenvalue weighted by Gasteiger charge is -2.06. The average Bonchev–Trinajstić information content (AvgIpc) is 2.63. The van der Waals surface area contributed by atoms with Gasteiger partial charge in [-0.25, -0.2) is 0 Å². The lowest BCUT2D eigenvalue weighted by molar-refractivity contribution is -0.114. The van der Waals surface area contributed by atoms with Crippen molar-refractivity contribution >= 4 is 17.1 Å². The average molecular weight is 230 g/mol. The molecule has 1 amide bonds. The van der Waals surface area contributed by atoms with Gasteiger partial charge in [0.25, 0.3) is 0 Å². The van der Waals surface area contributed by atoms with Gasteiger partial charge in [-0.05, 0) is 31.0 Å². The Morgan fingerprint density at radius 2 is 2.24 bits per heavy atom. The minimum Gasteiger partial charge on any atom is -0.325 e. The van der Waals surface area contributed by atoms with Gasteiger partial charge in [-0.15, -0.1) is 0 Å². The third kappa shape index (κ3) is 2.49. The molecular formula is C14H18N2O. The molecule has 0 aliphatic rings. The molecule has 0 saturated carbocycles. The number of hydrogen-bond acceptors (Lipinski definition) is 1. The fraction of sp³-hybridized carbons (Fsp3) is 0.357. The number of rotatable bonds is 4.